The highest BCUT2D eigenvalue weighted by molar-refractivity contribution is 5.74. The van der Waals surface area contributed by atoms with Crippen LogP contribution < -0.4 is 5.32 Å². The van der Waals surface area contributed by atoms with Crippen LogP contribution in [0.5, 0.6) is 0 Å². The number of furan rings is 1. The quantitative estimate of drug-likeness (QED) is 0.898. The van der Waals surface area contributed by atoms with Gasteiger partial charge >= 0.3 is 6.03 Å². The molecule has 7 heteroatoms. The lowest BCUT2D eigenvalue weighted by Gasteiger charge is -2.41. The van der Waals surface area contributed by atoms with Crippen molar-refractivity contribution >= 4 is 6.03 Å². The van der Waals surface area contributed by atoms with Crippen molar-refractivity contribution < 1.29 is 9.21 Å². The summed E-state index contributed by atoms with van der Waals surface area (Å²) in [5, 5.41) is 11.8. The van der Waals surface area contributed by atoms with E-state index in [9.17, 15) is 4.79 Å². The number of likely N-dealkylation sites (tertiary alicyclic amines) is 1. The van der Waals surface area contributed by atoms with Gasteiger partial charge in [0.25, 0.3) is 0 Å². The van der Waals surface area contributed by atoms with E-state index < -0.39 is 0 Å². The second kappa shape index (κ2) is 7.37. The Hall–Kier alpha value is -2.31. The van der Waals surface area contributed by atoms with E-state index in [4.69, 9.17) is 4.42 Å². The van der Waals surface area contributed by atoms with Gasteiger partial charge in [-0.25, -0.2) is 4.79 Å². The molecule has 1 saturated heterocycles. The number of amides is 2. The highest BCUT2D eigenvalue weighted by Crippen LogP contribution is 2.42. The zero-order valence-electron chi connectivity index (χ0n) is 16.3. The Morgan fingerprint density at radius 3 is 2.70 bits per heavy atom. The summed E-state index contributed by atoms with van der Waals surface area (Å²) >= 11 is 0. The lowest BCUT2D eigenvalue weighted by molar-refractivity contribution is 0.100. The topological polar surface area (TPSA) is 76.2 Å². The number of nitrogens with zero attached hydrogens (tertiary/aromatic N) is 4. The minimum absolute atomic E-state index is 0.00842. The highest BCUT2D eigenvalue weighted by atomic mass is 16.3. The molecule has 0 radical (unpaired) electrons. The number of fused-ring (bicyclic) bond motifs is 1. The van der Waals surface area contributed by atoms with Crippen molar-refractivity contribution in [1.29, 1.82) is 0 Å². The fourth-order valence-electron chi connectivity index (χ4n) is 4.43. The molecule has 1 fully saturated rings. The minimum atomic E-state index is 0.00842. The van der Waals surface area contributed by atoms with Crippen molar-refractivity contribution in [3.63, 3.8) is 0 Å². The Bertz CT molecular complexity index is 772. The number of piperidine rings is 1. The first-order chi connectivity index (χ1) is 13.1. The summed E-state index contributed by atoms with van der Waals surface area (Å²) in [7, 11) is 0. The Labute approximate surface area is 160 Å². The van der Waals surface area contributed by atoms with E-state index in [0.717, 1.165) is 69.1 Å². The van der Waals surface area contributed by atoms with Crippen molar-refractivity contribution in [3.8, 4) is 0 Å². The van der Waals surface area contributed by atoms with Crippen LogP contribution in [0.3, 0.4) is 0 Å². The second-order valence-electron chi connectivity index (χ2n) is 8.26. The van der Waals surface area contributed by atoms with Gasteiger partial charge in [0, 0.05) is 32.0 Å². The molecule has 2 amide bonds. The number of carbonyl (C=O) groups excluding carboxylic acids is 1. The predicted octanol–water partition coefficient (Wildman–Crippen LogP) is 3.32. The lowest BCUT2D eigenvalue weighted by Crippen LogP contribution is -2.47. The van der Waals surface area contributed by atoms with E-state index in [1.807, 2.05) is 17.0 Å². The molecule has 2 aliphatic heterocycles. The molecule has 146 valence electrons. The molecule has 0 saturated carbocycles. The summed E-state index contributed by atoms with van der Waals surface area (Å²) in [5.41, 5.74) is 0.326. The molecular formula is C20H29N5O2. The monoisotopic (exact) mass is 371 g/mol. The third kappa shape index (κ3) is 3.73. The third-order valence-corrected chi connectivity index (χ3v) is 6.22. The predicted molar refractivity (Wildman–Crippen MR) is 101 cm³/mol. The number of hydrogen-bond donors (Lipinski definition) is 1. The number of aromatic nitrogens is 3. The number of aryl methyl sites for hydroxylation is 1. The fourth-order valence-corrected chi connectivity index (χ4v) is 4.43. The van der Waals surface area contributed by atoms with Crippen molar-refractivity contribution in [3.05, 3.63) is 35.8 Å². The molecule has 0 unspecified atom stereocenters. The van der Waals surface area contributed by atoms with Crippen molar-refractivity contribution in [2.75, 3.05) is 13.1 Å². The number of rotatable bonds is 3. The molecule has 0 bridgehead atoms. The van der Waals surface area contributed by atoms with E-state index in [0.29, 0.717) is 17.9 Å². The summed E-state index contributed by atoms with van der Waals surface area (Å²) < 4.78 is 7.61. The third-order valence-electron chi connectivity index (χ3n) is 6.22. The average Bonchev–Trinajstić information content (AvgIpc) is 3.30. The van der Waals surface area contributed by atoms with Gasteiger partial charge in [-0.2, -0.15) is 0 Å². The number of carbonyl (C=O) groups is 1. The van der Waals surface area contributed by atoms with Crippen LogP contribution >= 0.6 is 0 Å². The van der Waals surface area contributed by atoms with Gasteiger partial charge in [0.05, 0.1) is 12.8 Å². The van der Waals surface area contributed by atoms with Crippen molar-refractivity contribution in [2.45, 2.75) is 65.0 Å². The molecule has 2 aromatic heterocycles. The van der Waals surface area contributed by atoms with Gasteiger partial charge in [-0.3, -0.25) is 0 Å². The lowest BCUT2D eigenvalue weighted by atomic mass is 9.73. The molecule has 1 spiro atoms. The molecule has 4 rings (SSSR count). The van der Waals surface area contributed by atoms with Crippen LogP contribution in [0.15, 0.2) is 22.8 Å². The number of nitrogens with one attached hydrogen (secondary N) is 1. The first-order valence-electron chi connectivity index (χ1n) is 10.0. The van der Waals surface area contributed by atoms with Crippen molar-refractivity contribution in [2.24, 2.45) is 5.41 Å². The molecule has 0 aliphatic carbocycles. The standard InChI is InChI=1S/C20H29N5O2/c1-15(2)18-23-22-17-5-6-20(9-12-25(17)18)7-10-24(11-8-20)19(26)21-14-16-4-3-13-27-16/h3-4,13,15H,5-12,14H2,1-2H3,(H,21,26). The molecule has 1 N–H and O–H groups in total. The van der Waals surface area contributed by atoms with Crippen LogP contribution in [0.4, 0.5) is 4.79 Å². The molecular weight excluding hydrogens is 342 g/mol. The van der Waals surface area contributed by atoms with Crippen LogP contribution in [0.25, 0.3) is 0 Å². The maximum absolute atomic E-state index is 12.4. The van der Waals surface area contributed by atoms with Crippen LogP contribution in [-0.4, -0.2) is 38.8 Å². The van der Waals surface area contributed by atoms with Gasteiger partial charge in [-0.1, -0.05) is 13.8 Å². The Morgan fingerprint density at radius 2 is 2.00 bits per heavy atom. The largest absolute Gasteiger partial charge is 0.467 e. The number of urea groups is 1. The van der Waals surface area contributed by atoms with E-state index in [2.05, 4.69) is 33.9 Å². The van der Waals surface area contributed by atoms with Gasteiger partial charge in [-0.05, 0) is 43.2 Å². The summed E-state index contributed by atoms with van der Waals surface area (Å²) in [5.74, 6) is 3.43. The van der Waals surface area contributed by atoms with E-state index in [1.54, 1.807) is 6.26 Å². The second-order valence-corrected chi connectivity index (χ2v) is 8.26. The normalized spacial score (nSPS) is 19.1. The van der Waals surface area contributed by atoms with E-state index in [-0.39, 0.29) is 6.03 Å². The van der Waals surface area contributed by atoms with Crippen LogP contribution in [0.2, 0.25) is 0 Å². The van der Waals surface area contributed by atoms with Crippen LogP contribution in [0, 0.1) is 5.41 Å². The van der Waals surface area contributed by atoms with Gasteiger partial charge in [-0.15, -0.1) is 10.2 Å². The fraction of sp³-hybridized carbons (Fsp3) is 0.650. The molecule has 2 aromatic rings. The van der Waals surface area contributed by atoms with Gasteiger partial charge in [0.15, 0.2) is 0 Å². The average molecular weight is 371 g/mol. The zero-order chi connectivity index (χ0) is 18.9. The van der Waals surface area contributed by atoms with E-state index in [1.165, 1.54) is 0 Å². The molecule has 0 atom stereocenters. The molecule has 27 heavy (non-hydrogen) atoms. The molecule has 2 aliphatic rings. The maximum Gasteiger partial charge on any atom is 0.317 e. The Kier molecular flexibility index (Phi) is 4.93. The van der Waals surface area contributed by atoms with Gasteiger partial charge in [0.1, 0.15) is 17.4 Å². The first-order valence-corrected chi connectivity index (χ1v) is 10.0. The summed E-state index contributed by atoms with van der Waals surface area (Å²) in [6.07, 6.45) is 7.05. The molecule has 0 aromatic carbocycles. The van der Waals surface area contributed by atoms with Crippen LogP contribution in [-0.2, 0) is 19.5 Å². The SMILES string of the molecule is CC(C)c1nnc2n1CCC1(CC2)CCN(C(=O)NCc2ccco2)CC1. The molecule has 7 nitrogen and oxygen atoms in total. The van der Waals surface area contributed by atoms with Gasteiger partial charge in [0.2, 0.25) is 0 Å². The zero-order valence-corrected chi connectivity index (χ0v) is 16.3. The summed E-state index contributed by atoms with van der Waals surface area (Å²) in [4.78, 5) is 14.4. The first kappa shape index (κ1) is 18.1. The van der Waals surface area contributed by atoms with Gasteiger partial charge < -0.3 is 19.2 Å². The van der Waals surface area contributed by atoms with Crippen LogP contribution in [0.1, 0.15) is 62.9 Å². The highest BCUT2D eigenvalue weighted by Gasteiger charge is 2.38. The van der Waals surface area contributed by atoms with E-state index >= 15 is 0 Å². The smallest absolute Gasteiger partial charge is 0.317 e. The summed E-state index contributed by atoms with van der Waals surface area (Å²) in [6, 6.07) is 3.72. The Morgan fingerprint density at radius 1 is 1.22 bits per heavy atom. The number of hydrogen-bond acceptors (Lipinski definition) is 4. The molecule has 4 heterocycles. The minimum Gasteiger partial charge on any atom is -0.467 e. The summed E-state index contributed by atoms with van der Waals surface area (Å²) in [6.45, 7) is 7.44. The van der Waals surface area contributed by atoms with Crippen molar-refractivity contribution in [1.82, 2.24) is 25.0 Å². The maximum atomic E-state index is 12.4. The Balaban J connectivity index is 1.32.